The summed E-state index contributed by atoms with van der Waals surface area (Å²) >= 11 is 1.97. The van der Waals surface area contributed by atoms with Gasteiger partial charge in [0.2, 0.25) is 0 Å². The molecule has 1 heterocycles. The number of aryl methyl sites for hydroxylation is 1. The average molecular weight is 251 g/mol. The maximum atomic E-state index is 9.15. The zero-order valence-corrected chi connectivity index (χ0v) is 11.5. The zero-order chi connectivity index (χ0) is 12.3. The Morgan fingerprint density at radius 2 is 2.24 bits per heavy atom. The lowest BCUT2D eigenvalue weighted by Crippen LogP contribution is -2.21. The molecule has 2 nitrogen and oxygen atoms in total. The van der Waals surface area contributed by atoms with Gasteiger partial charge in [-0.25, -0.2) is 0 Å². The third kappa shape index (κ3) is 3.03. The van der Waals surface area contributed by atoms with E-state index < -0.39 is 0 Å². The van der Waals surface area contributed by atoms with Crippen LogP contribution in [0.3, 0.4) is 0 Å². The highest BCUT2D eigenvalue weighted by atomic mass is 32.2. The van der Waals surface area contributed by atoms with Crippen LogP contribution in [0.1, 0.15) is 30.0 Å². The second kappa shape index (κ2) is 5.89. The summed E-state index contributed by atoms with van der Waals surface area (Å²) in [5.41, 5.74) is 2.83. The van der Waals surface area contributed by atoms with Crippen molar-refractivity contribution in [2.75, 3.05) is 26.5 Å². The summed E-state index contributed by atoms with van der Waals surface area (Å²) in [6.07, 6.45) is 3.29. The second-order valence-electron chi connectivity index (χ2n) is 4.81. The summed E-state index contributed by atoms with van der Waals surface area (Å²) in [4.78, 5) is 3.63. The van der Waals surface area contributed by atoms with E-state index in [4.69, 9.17) is 5.11 Å². The van der Waals surface area contributed by atoms with E-state index in [1.807, 2.05) is 11.8 Å². The Morgan fingerprint density at radius 1 is 1.41 bits per heavy atom. The molecule has 17 heavy (non-hydrogen) atoms. The number of hydrogen-bond acceptors (Lipinski definition) is 3. The minimum absolute atomic E-state index is 0.245. The van der Waals surface area contributed by atoms with E-state index in [-0.39, 0.29) is 6.61 Å². The van der Waals surface area contributed by atoms with Crippen molar-refractivity contribution in [3.05, 3.63) is 29.3 Å². The molecule has 1 aliphatic rings. The predicted octanol–water partition coefficient (Wildman–Crippen LogP) is 2.71. The highest BCUT2D eigenvalue weighted by molar-refractivity contribution is 7.99. The number of fused-ring (bicyclic) bond motifs is 1. The van der Waals surface area contributed by atoms with E-state index >= 15 is 0 Å². The van der Waals surface area contributed by atoms with E-state index in [1.54, 1.807) is 0 Å². The van der Waals surface area contributed by atoms with Crippen molar-refractivity contribution in [3.63, 3.8) is 0 Å². The van der Waals surface area contributed by atoms with Crippen LogP contribution in [0.15, 0.2) is 23.1 Å². The van der Waals surface area contributed by atoms with E-state index in [0.29, 0.717) is 6.04 Å². The Labute approximate surface area is 108 Å². The molecule has 0 amide bonds. The maximum Gasteiger partial charge on any atom is 0.0449 e. The van der Waals surface area contributed by atoms with Crippen molar-refractivity contribution in [2.45, 2.75) is 30.2 Å². The van der Waals surface area contributed by atoms with Gasteiger partial charge >= 0.3 is 0 Å². The third-order valence-electron chi connectivity index (χ3n) is 3.34. The molecule has 0 bridgehead atoms. The van der Waals surface area contributed by atoms with Crippen molar-refractivity contribution in [1.29, 1.82) is 0 Å². The van der Waals surface area contributed by atoms with Gasteiger partial charge in [-0.2, -0.15) is 0 Å². The van der Waals surface area contributed by atoms with Gasteiger partial charge in [-0.1, -0.05) is 12.1 Å². The smallest absolute Gasteiger partial charge is 0.0449 e. The molecule has 0 saturated carbocycles. The maximum absolute atomic E-state index is 9.15. The monoisotopic (exact) mass is 251 g/mol. The molecule has 0 saturated heterocycles. The molecule has 3 heteroatoms. The van der Waals surface area contributed by atoms with Crippen LogP contribution in [0, 0.1) is 0 Å². The van der Waals surface area contributed by atoms with Gasteiger partial charge in [-0.15, -0.1) is 11.8 Å². The van der Waals surface area contributed by atoms with Crippen LogP contribution < -0.4 is 0 Å². The molecule has 1 unspecified atom stereocenters. The topological polar surface area (TPSA) is 23.5 Å². The molecule has 0 radical (unpaired) electrons. The van der Waals surface area contributed by atoms with Crippen molar-refractivity contribution < 1.29 is 5.11 Å². The Bertz CT molecular complexity index is 378. The van der Waals surface area contributed by atoms with Crippen LogP contribution in [0.4, 0.5) is 0 Å². The first kappa shape index (κ1) is 12.9. The van der Waals surface area contributed by atoms with E-state index in [2.05, 4.69) is 37.2 Å². The lowest BCUT2D eigenvalue weighted by molar-refractivity contribution is 0.210. The van der Waals surface area contributed by atoms with Crippen molar-refractivity contribution in [3.8, 4) is 0 Å². The summed E-state index contributed by atoms with van der Waals surface area (Å²) < 4.78 is 0. The van der Waals surface area contributed by atoms with E-state index in [1.165, 1.54) is 34.6 Å². The largest absolute Gasteiger partial charge is 0.396 e. The molecule has 1 aromatic rings. The van der Waals surface area contributed by atoms with E-state index in [0.717, 1.165) is 6.42 Å². The molecule has 2 rings (SSSR count). The molecule has 94 valence electrons. The number of aliphatic hydroxyl groups excluding tert-OH is 1. The number of aliphatic hydroxyl groups is 1. The van der Waals surface area contributed by atoms with Crippen LogP contribution in [0.2, 0.25) is 0 Å². The van der Waals surface area contributed by atoms with Crippen LogP contribution in [-0.4, -0.2) is 36.5 Å². The highest BCUT2D eigenvalue weighted by Crippen LogP contribution is 2.33. The SMILES string of the molecule is CN(C)C(CCO)c1ccc2c(c1)CCCS2. The van der Waals surface area contributed by atoms with Gasteiger partial charge < -0.3 is 10.0 Å². The first-order valence-electron chi connectivity index (χ1n) is 6.25. The van der Waals surface area contributed by atoms with Gasteiger partial charge in [0, 0.05) is 17.5 Å². The summed E-state index contributed by atoms with van der Waals surface area (Å²) in [5.74, 6) is 1.25. The van der Waals surface area contributed by atoms with Crippen LogP contribution in [0.25, 0.3) is 0 Å². The second-order valence-corrected chi connectivity index (χ2v) is 5.95. The number of thioether (sulfide) groups is 1. The van der Waals surface area contributed by atoms with Gasteiger partial charge in [0.05, 0.1) is 0 Å². The fourth-order valence-corrected chi connectivity index (χ4v) is 3.45. The normalized spacial score (nSPS) is 16.9. The minimum atomic E-state index is 0.245. The lowest BCUT2D eigenvalue weighted by Gasteiger charge is -2.26. The Kier molecular flexibility index (Phi) is 4.48. The quantitative estimate of drug-likeness (QED) is 0.890. The van der Waals surface area contributed by atoms with Crippen molar-refractivity contribution >= 4 is 11.8 Å². The third-order valence-corrected chi connectivity index (χ3v) is 4.55. The molecular formula is C14H21NOS. The average Bonchev–Trinajstić information content (AvgIpc) is 2.35. The molecule has 0 fully saturated rings. The minimum Gasteiger partial charge on any atom is -0.396 e. The molecule has 0 aliphatic carbocycles. The molecule has 1 atom stereocenters. The fourth-order valence-electron chi connectivity index (χ4n) is 2.43. The molecule has 0 spiro atoms. The van der Waals surface area contributed by atoms with Gasteiger partial charge in [-0.3, -0.25) is 0 Å². The number of nitrogens with zero attached hydrogens (tertiary/aromatic N) is 1. The molecule has 1 aliphatic heterocycles. The van der Waals surface area contributed by atoms with Crippen molar-refractivity contribution in [1.82, 2.24) is 4.90 Å². The Morgan fingerprint density at radius 3 is 2.94 bits per heavy atom. The van der Waals surface area contributed by atoms with Crippen LogP contribution >= 0.6 is 11.8 Å². The van der Waals surface area contributed by atoms with E-state index in [9.17, 15) is 0 Å². The van der Waals surface area contributed by atoms with Gasteiger partial charge in [0.25, 0.3) is 0 Å². The predicted molar refractivity (Wildman–Crippen MR) is 73.6 cm³/mol. The first-order chi connectivity index (χ1) is 8.22. The molecule has 1 N–H and O–H groups in total. The van der Waals surface area contributed by atoms with Gasteiger partial charge in [0.1, 0.15) is 0 Å². The summed E-state index contributed by atoms with van der Waals surface area (Å²) in [6, 6.07) is 7.14. The fraction of sp³-hybridized carbons (Fsp3) is 0.571. The van der Waals surface area contributed by atoms with Gasteiger partial charge in [-0.05, 0) is 56.3 Å². The van der Waals surface area contributed by atoms with Gasteiger partial charge in [0.15, 0.2) is 0 Å². The standard InChI is InChI=1S/C14H21NOS/c1-15(2)13(7-8-16)11-5-6-14-12(10-11)4-3-9-17-14/h5-6,10,13,16H,3-4,7-9H2,1-2H3. The van der Waals surface area contributed by atoms with Crippen LogP contribution in [-0.2, 0) is 6.42 Å². The first-order valence-corrected chi connectivity index (χ1v) is 7.24. The molecule has 1 aromatic carbocycles. The molecular weight excluding hydrogens is 230 g/mol. The number of rotatable bonds is 4. The van der Waals surface area contributed by atoms with Crippen molar-refractivity contribution in [2.24, 2.45) is 0 Å². The lowest BCUT2D eigenvalue weighted by atomic mass is 9.99. The summed E-state index contributed by atoms with van der Waals surface area (Å²) in [6.45, 7) is 0.245. The Balaban J connectivity index is 2.25. The summed E-state index contributed by atoms with van der Waals surface area (Å²) in [5, 5.41) is 9.15. The number of hydrogen-bond donors (Lipinski definition) is 1. The molecule has 0 aromatic heterocycles. The van der Waals surface area contributed by atoms with Crippen LogP contribution in [0.5, 0.6) is 0 Å². The number of benzene rings is 1. The highest BCUT2D eigenvalue weighted by Gasteiger charge is 2.16. The summed E-state index contributed by atoms with van der Waals surface area (Å²) in [7, 11) is 4.16. The Hall–Kier alpha value is -0.510. The zero-order valence-electron chi connectivity index (χ0n) is 10.6.